The van der Waals surface area contributed by atoms with Gasteiger partial charge in [0.2, 0.25) is 0 Å². The SMILES string of the molecule is C[C@@]1(O)CC[C@@H]2C3CC[C@@]4(C)C(CC[C@@H]4C(=O)CNc4ccc5ncccc5c4)C3CC[C@@H]2C1. The molecule has 6 rings (SSSR count). The topological polar surface area (TPSA) is 62.2 Å². The first-order valence-electron chi connectivity index (χ1n) is 13.7. The number of anilines is 1. The van der Waals surface area contributed by atoms with E-state index in [2.05, 4.69) is 29.4 Å². The fourth-order valence-electron chi connectivity index (χ4n) is 9.11. The molecule has 4 nitrogen and oxygen atoms in total. The highest BCUT2D eigenvalue weighted by Crippen LogP contribution is 2.64. The van der Waals surface area contributed by atoms with Gasteiger partial charge in [0.25, 0.3) is 0 Å². The van der Waals surface area contributed by atoms with Gasteiger partial charge in [0.15, 0.2) is 5.78 Å². The summed E-state index contributed by atoms with van der Waals surface area (Å²) < 4.78 is 0. The quantitative estimate of drug-likeness (QED) is 0.567. The normalized spacial score (nSPS) is 41.4. The molecule has 4 fully saturated rings. The van der Waals surface area contributed by atoms with Gasteiger partial charge in [-0.05, 0) is 124 Å². The van der Waals surface area contributed by atoms with E-state index >= 15 is 0 Å². The molecule has 2 aromatic rings. The Labute approximate surface area is 203 Å². The lowest BCUT2D eigenvalue weighted by Gasteiger charge is -2.56. The Hall–Kier alpha value is -1.94. The Kier molecular flexibility index (Phi) is 5.51. The summed E-state index contributed by atoms with van der Waals surface area (Å²) >= 11 is 0. The fraction of sp³-hybridized carbons (Fsp3) is 0.667. The third-order valence-electron chi connectivity index (χ3n) is 10.7. The number of ketones is 1. The molecule has 3 unspecified atom stereocenters. The molecule has 0 spiro atoms. The first-order chi connectivity index (χ1) is 16.3. The largest absolute Gasteiger partial charge is 0.390 e. The van der Waals surface area contributed by atoms with Crippen LogP contribution in [0.25, 0.3) is 10.9 Å². The molecule has 0 bridgehead atoms. The van der Waals surface area contributed by atoms with Crippen molar-refractivity contribution in [3.05, 3.63) is 36.5 Å². The maximum Gasteiger partial charge on any atom is 0.155 e. The molecule has 1 aromatic heterocycles. The van der Waals surface area contributed by atoms with Crippen molar-refractivity contribution < 1.29 is 9.90 Å². The van der Waals surface area contributed by atoms with E-state index in [9.17, 15) is 9.90 Å². The summed E-state index contributed by atoms with van der Waals surface area (Å²) in [6.07, 6.45) is 12.4. The van der Waals surface area contributed by atoms with Crippen LogP contribution in [0.4, 0.5) is 5.69 Å². The Morgan fingerprint density at radius 2 is 1.88 bits per heavy atom. The van der Waals surface area contributed by atoms with E-state index in [0.29, 0.717) is 18.2 Å². The number of nitrogens with one attached hydrogen (secondary N) is 1. The van der Waals surface area contributed by atoms with E-state index in [1.165, 1.54) is 38.5 Å². The van der Waals surface area contributed by atoms with Gasteiger partial charge >= 0.3 is 0 Å². The molecule has 4 aliphatic carbocycles. The highest BCUT2D eigenvalue weighted by Gasteiger charge is 2.58. The third-order valence-corrected chi connectivity index (χ3v) is 10.7. The first-order valence-corrected chi connectivity index (χ1v) is 13.7. The second-order valence-corrected chi connectivity index (χ2v) is 12.6. The van der Waals surface area contributed by atoms with E-state index in [-0.39, 0.29) is 11.3 Å². The van der Waals surface area contributed by atoms with Crippen molar-refractivity contribution in [2.24, 2.45) is 40.9 Å². The van der Waals surface area contributed by atoms with E-state index in [1.54, 1.807) is 0 Å². The van der Waals surface area contributed by atoms with Gasteiger partial charge in [-0.3, -0.25) is 9.78 Å². The van der Waals surface area contributed by atoms with Crippen LogP contribution in [-0.2, 0) is 4.79 Å². The monoisotopic (exact) mass is 460 g/mol. The standard InChI is InChI=1S/C30H40N2O2/c1-29(34)13-11-22-20(17-29)5-7-24-23(22)12-14-30(2)25(24)8-9-26(30)28(33)18-32-21-6-10-27-19(16-21)4-3-15-31-27/h3-4,6,10,15-16,20,22-26,32,34H,5,7-9,11-14,17-18H2,1-2H3/t20-,22+,23?,24?,25?,26-,29-,30+/m1/s1. The number of aliphatic hydroxyl groups is 1. The second-order valence-electron chi connectivity index (χ2n) is 12.6. The maximum atomic E-state index is 13.5. The van der Waals surface area contributed by atoms with Crippen LogP contribution in [-0.4, -0.2) is 28.0 Å². The number of nitrogens with zero attached hydrogens (tertiary/aromatic N) is 1. The minimum atomic E-state index is -0.448. The van der Waals surface area contributed by atoms with Crippen molar-refractivity contribution in [1.82, 2.24) is 4.98 Å². The molecule has 8 atom stereocenters. The van der Waals surface area contributed by atoms with Crippen molar-refractivity contribution in [2.45, 2.75) is 77.2 Å². The first kappa shape index (κ1) is 22.5. The number of Topliss-reactive ketones (excluding diaryl/α,β-unsaturated/α-hetero) is 1. The smallest absolute Gasteiger partial charge is 0.155 e. The molecular formula is C30H40N2O2. The van der Waals surface area contributed by atoms with Gasteiger partial charge in [0.05, 0.1) is 17.7 Å². The molecule has 2 N–H and O–H groups in total. The summed E-state index contributed by atoms with van der Waals surface area (Å²) in [4.78, 5) is 17.9. The molecule has 0 saturated heterocycles. The van der Waals surface area contributed by atoms with Crippen LogP contribution in [0.5, 0.6) is 0 Å². The lowest BCUT2D eigenvalue weighted by atomic mass is 9.49. The molecule has 1 heterocycles. The summed E-state index contributed by atoms with van der Waals surface area (Å²) in [6.45, 7) is 4.92. The van der Waals surface area contributed by atoms with E-state index < -0.39 is 5.60 Å². The highest BCUT2D eigenvalue weighted by atomic mass is 16.3. The zero-order valence-corrected chi connectivity index (χ0v) is 20.8. The zero-order chi connectivity index (χ0) is 23.5. The number of hydrogen-bond donors (Lipinski definition) is 2. The van der Waals surface area contributed by atoms with E-state index in [1.807, 2.05) is 31.3 Å². The molecular weight excluding hydrogens is 420 g/mol. The highest BCUT2D eigenvalue weighted by molar-refractivity contribution is 5.87. The van der Waals surface area contributed by atoms with Crippen LogP contribution in [0.1, 0.15) is 71.6 Å². The van der Waals surface area contributed by atoms with Crippen LogP contribution in [0, 0.1) is 40.9 Å². The van der Waals surface area contributed by atoms with Crippen molar-refractivity contribution >= 4 is 22.4 Å². The fourth-order valence-corrected chi connectivity index (χ4v) is 9.11. The second kappa shape index (κ2) is 8.33. The third kappa shape index (κ3) is 3.77. The van der Waals surface area contributed by atoms with Crippen molar-refractivity contribution in [3.63, 3.8) is 0 Å². The van der Waals surface area contributed by atoms with Crippen molar-refractivity contribution in [1.29, 1.82) is 0 Å². The minimum absolute atomic E-state index is 0.167. The predicted octanol–water partition coefficient (Wildman–Crippen LogP) is 6.24. The average molecular weight is 461 g/mol. The molecule has 0 amide bonds. The van der Waals surface area contributed by atoms with Gasteiger partial charge in [0.1, 0.15) is 0 Å². The minimum Gasteiger partial charge on any atom is -0.390 e. The van der Waals surface area contributed by atoms with Crippen LogP contribution in [0.3, 0.4) is 0 Å². The Bertz CT molecular complexity index is 1080. The maximum absolute atomic E-state index is 13.5. The summed E-state index contributed by atoms with van der Waals surface area (Å²) in [5, 5.41) is 15.2. The molecule has 0 radical (unpaired) electrons. The number of fused-ring (bicyclic) bond motifs is 6. The van der Waals surface area contributed by atoms with Gasteiger partial charge < -0.3 is 10.4 Å². The van der Waals surface area contributed by atoms with Gasteiger partial charge in [0, 0.05) is 23.2 Å². The Balaban J connectivity index is 1.13. The van der Waals surface area contributed by atoms with Crippen molar-refractivity contribution in [2.75, 3.05) is 11.9 Å². The number of carbonyl (C=O) groups is 1. The van der Waals surface area contributed by atoms with E-state index in [4.69, 9.17) is 0 Å². The van der Waals surface area contributed by atoms with Gasteiger partial charge in [-0.2, -0.15) is 0 Å². The zero-order valence-electron chi connectivity index (χ0n) is 20.8. The van der Waals surface area contributed by atoms with Crippen molar-refractivity contribution in [3.8, 4) is 0 Å². The number of carbonyl (C=O) groups excluding carboxylic acids is 1. The summed E-state index contributed by atoms with van der Waals surface area (Å²) in [5.74, 6) is 4.44. The number of aromatic nitrogens is 1. The summed E-state index contributed by atoms with van der Waals surface area (Å²) in [7, 11) is 0. The van der Waals surface area contributed by atoms with E-state index in [0.717, 1.165) is 59.5 Å². The van der Waals surface area contributed by atoms with Crippen LogP contribution in [0.15, 0.2) is 36.5 Å². The Morgan fingerprint density at radius 1 is 1.03 bits per heavy atom. The Morgan fingerprint density at radius 3 is 2.76 bits per heavy atom. The number of benzene rings is 1. The number of rotatable bonds is 4. The summed E-state index contributed by atoms with van der Waals surface area (Å²) in [6, 6.07) is 10.2. The average Bonchev–Trinajstić information content (AvgIpc) is 3.19. The van der Waals surface area contributed by atoms with Gasteiger partial charge in [-0.25, -0.2) is 0 Å². The molecule has 34 heavy (non-hydrogen) atoms. The lowest BCUT2D eigenvalue weighted by molar-refractivity contribution is -0.130. The lowest BCUT2D eigenvalue weighted by Crippen LogP contribution is -2.51. The predicted molar refractivity (Wildman–Crippen MR) is 136 cm³/mol. The molecule has 4 aliphatic rings. The molecule has 4 saturated carbocycles. The summed E-state index contributed by atoms with van der Waals surface area (Å²) in [5.41, 5.74) is 1.71. The number of pyridine rings is 1. The molecule has 0 aliphatic heterocycles. The van der Waals surface area contributed by atoms with Crippen LogP contribution in [0.2, 0.25) is 0 Å². The molecule has 182 valence electrons. The molecule has 4 heteroatoms. The number of hydrogen-bond acceptors (Lipinski definition) is 4. The van der Waals surface area contributed by atoms with Gasteiger partial charge in [-0.1, -0.05) is 13.0 Å². The van der Waals surface area contributed by atoms with Crippen LogP contribution < -0.4 is 5.32 Å². The van der Waals surface area contributed by atoms with Crippen LogP contribution >= 0.6 is 0 Å². The molecule has 1 aromatic carbocycles. The van der Waals surface area contributed by atoms with Gasteiger partial charge in [-0.15, -0.1) is 0 Å².